The van der Waals surface area contributed by atoms with Crippen molar-refractivity contribution in [2.75, 3.05) is 0 Å². The summed E-state index contributed by atoms with van der Waals surface area (Å²) in [6.45, 7) is 11.1. The number of hydrogen-bond donors (Lipinski definition) is 0. The lowest BCUT2D eigenvalue weighted by molar-refractivity contribution is 0.304. The molecule has 2 rings (SSSR count). The van der Waals surface area contributed by atoms with Gasteiger partial charge < -0.3 is 0 Å². The number of thiophene rings is 1. The first-order valence-corrected chi connectivity index (χ1v) is 5.89. The van der Waals surface area contributed by atoms with E-state index >= 15 is 0 Å². The Morgan fingerprint density at radius 3 is 2.50 bits per heavy atom. The van der Waals surface area contributed by atoms with Crippen LogP contribution < -0.4 is 0 Å². The molecular formula is C12H17NS. The minimum absolute atomic E-state index is 0.00512. The van der Waals surface area contributed by atoms with Crippen molar-refractivity contribution in [3.8, 4) is 0 Å². The van der Waals surface area contributed by atoms with Gasteiger partial charge in [-0.3, -0.25) is 4.99 Å². The Kier molecular flexibility index (Phi) is 1.91. The van der Waals surface area contributed by atoms with Gasteiger partial charge in [0.25, 0.3) is 0 Å². The second kappa shape index (κ2) is 2.69. The van der Waals surface area contributed by atoms with Crippen LogP contribution in [0, 0.1) is 0 Å². The summed E-state index contributed by atoms with van der Waals surface area (Å²) in [6.07, 6.45) is 0. The topological polar surface area (TPSA) is 12.4 Å². The Bertz CT molecular complexity index is 396. The van der Waals surface area contributed by atoms with E-state index in [4.69, 9.17) is 4.99 Å². The standard InChI is InChI=1S/C12H17NS/c1-8-10-9(6-7-14-10)11(2,3)12(4,5)13-8/h6-7H,1-5H3. The van der Waals surface area contributed by atoms with E-state index in [2.05, 4.69) is 46.1 Å². The maximum atomic E-state index is 4.81. The fraction of sp³-hybridized carbons (Fsp3) is 0.583. The predicted octanol–water partition coefficient (Wildman–Crippen LogP) is 3.63. The average Bonchev–Trinajstić information content (AvgIpc) is 2.48. The summed E-state index contributed by atoms with van der Waals surface area (Å²) in [5.74, 6) is 0. The summed E-state index contributed by atoms with van der Waals surface area (Å²) in [7, 11) is 0. The van der Waals surface area contributed by atoms with Crippen molar-refractivity contribution < 1.29 is 0 Å². The first-order valence-electron chi connectivity index (χ1n) is 5.01. The van der Waals surface area contributed by atoms with Crippen molar-refractivity contribution in [2.24, 2.45) is 4.99 Å². The third kappa shape index (κ3) is 1.10. The van der Waals surface area contributed by atoms with Crippen molar-refractivity contribution in [3.05, 3.63) is 21.9 Å². The number of nitrogens with zero attached hydrogens (tertiary/aromatic N) is 1. The monoisotopic (exact) mass is 207 g/mol. The van der Waals surface area contributed by atoms with Gasteiger partial charge in [0.2, 0.25) is 0 Å². The average molecular weight is 207 g/mol. The summed E-state index contributed by atoms with van der Waals surface area (Å²) in [4.78, 5) is 6.18. The molecule has 2 heteroatoms. The fourth-order valence-electron chi connectivity index (χ4n) is 2.02. The van der Waals surface area contributed by atoms with E-state index in [-0.39, 0.29) is 11.0 Å². The molecule has 0 fully saturated rings. The highest BCUT2D eigenvalue weighted by Gasteiger charge is 2.43. The molecule has 0 N–H and O–H groups in total. The highest BCUT2D eigenvalue weighted by molar-refractivity contribution is 7.12. The van der Waals surface area contributed by atoms with E-state index in [1.165, 1.54) is 16.2 Å². The molecule has 2 heterocycles. The minimum atomic E-state index is 0.00512. The van der Waals surface area contributed by atoms with Crippen LogP contribution in [0.25, 0.3) is 0 Å². The molecule has 0 saturated heterocycles. The molecule has 0 aromatic carbocycles. The van der Waals surface area contributed by atoms with Gasteiger partial charge in [-0.15, -0.1) is 11.3 Å². The Hall–Kier alpha value is -0.630. The second-order valence-corrected chi connectivity index (χ2v) is 5.96. The van der Waals surface area contributed by atoms with Crippen molar-refractivity contribution in [2.45, 2.75) is 45.6 Å². The number of aliphatic imine (C=N–C) groups is 1. The summed E-state index contributed by atoms with van der Waals surface area (Å²) in [5.41, 5.74) is 2.80. The molecule has 0 unspecified atom stereocenters. The van der Waals surface area contributed by atoms with Crippen LogP contribution in [0.1, 0.15) is 45.1 Å². The number of fused-ring (bicyclic) bond motifs is 1. The molecule has 1 nitrogen and oxygen atoms in total. The molecule has 0 radical (unpaired) electrons. The fourth-order valence-corrected chi connectivity index (χ4v) is 3.03. The lowest BCUT2D eigenvalue weighted by Crippen LogP contribution is -2.44. The largest absolute Gasteiger partial charge is 0.282 e. The molecule has 76 valence electrons. The third-order valence-electron chi connectivity index (χ3n) is 3.64. The Morgan fingerprint density at radius 1 is 1.21 bits per heavy atom. The van der Waals surface area contributed by atoms with Crippen molar-refractivity contribution in [1.82, 2.24) is 0 Å². The summed E-state index contributed by atoms with van der Waals surface area (Å²) >= 11 is 1.81. The van der Waals surface area contributed by atoms with Gasteiger partial charge in [0.15, 0.2) is 0 Å². The van der Waals surface area contributed by atoms with Gasteiger partial charge in [-0.1, -0.05) is 13.8 Å². The van der Waals surface area contributed by atoms with Gasteiger partial charge in [-0.2, -0.15) is 0 Å². The van der Waals surface area contributed by atoms with Crippen LogP contribution >= 0.6 is 11.3 Å². The van der Waals surface area contributed by atoms with Crippen LogP contribution in [-0.4, -0.2) is 11.3 Å². The molecule has 14 heavy (non-hydrogen) atoms. The van der Waals surface area contributed by atoms with Crippen molar-refractivity contribution >= 4 is 17.0 Å². The van der Waals surface area contributed by atoms with Crippen molar-refractivity contribution in [3.63, 3.8) is 0 Å². The second-order valence-electron chi connectivity index (χ2n) is 5.04. The van der Waals surface area contributed by atoms with Gasteiger partial charge in [0, 0.05) is 11.1 Å². The van der Waals surface area contributed by atoms with Gasteiger partial charge >= 0.3 is 0 Å². The SMILES string of the molecule is CC1=NC(C)(C)C(C)(C)c2ccsc21. The van der Waals surface area contributed by atoms with E-state index in [9.17, 15) is 0 Å². The first-order chi connectivity index (χ1) is 6.36. The molecule has 1 aliphatic rings. The summed E-state index contributed by atoms with van der Waals surface area (Å²) in [5, 5.41) is 2.17. The Balaban J connectivity index is 2.70. The molecule has 0 spiro atoms. The summed E-state index contributed by atoms with van der Waals surface area (Å²) < 4.78 is 0. The third-order valence-corrected chi connectivity index (χ3v) is 4.67. The minimum Gasteiger partial charge on any atom is -0.282 e. The van der Waals surface area contributed by atoms with E-state index in [0.717, 1.165) is 0 Å². The number of hydrogen-bond acceptors (Lipinski definition) is 2. The van der Waals surface area contributed by atoms with Crippen LogP contribution in [0.4, 0.5) is 0 Å². The molecule has 1 aliphatic heterocycles. The molecule has 1 aromatic rings. The summed E-state index contributed by atoms with van der Waals surface area (Å²) in [6, 6.07) is 2.25. The molecule has 0 aliphatic carbocycles. The highest BCUT2D eigenvalue weighted by atomic mass is 32.1. The zero-order valence-corrected chi connectivity index (χ0v) is 10.3. The van der Waals surface area contributed by atoms with Gasteiger partial charge in [0.1, 0.15) is 0 Å². The predicted molar refractivity (Wildman–Crippen MR) is 63.6 cm³/mol. The van der Waals surface area contributed by atoms with Crippen LogP contribution in [-0.2, 0) is 5.41 Å². The van der Waals surface area contributed by atoms with Crippen LogP contribution in [0.3, 0.4) is 0 Å². The van der Waals surface area contributed by atoms with Crippen LogP contribution in [0.2, 0.25) is 0 Å². The van der Waals surface area contributed by atoms with Gasteiger partial charge in [0.05, 0.1) is 10.4 Å². The molecule has 0 saturated carbocycles. The smallest absolute Gasteiger partial charge is 0.0647 e. The van der Waals surface area contributed by atoms with E-state index in [1.54, 1.807) is 11.3 Å². The molecule has 0 amide bonds. The van der Waals surface area contributed by atoms with Gasteiger partial charge in [-0.25, -0.2) is 0 Å². The maximum Gasteiger partial charge on any atom is 0.0647 e. The zero-order valence-electron chi connectivity index (χ0n) is 9.51. The lowest BCUT2D eigenvalue weighted by atomic mass is 9.68. The Morgan fingerprint density at radius 2 is 1.86 bits per heavy atom. The van der Waals surface area contributed by atoms with E-state index in [1.807, 2.05) is 0 Å². The molecule has 0 atom stereocenters. The molecule has 0 bridgehead atoms. The normalized spacial score (nSPS) is 22.8. The first kappa shape index (κ1) is 9.91. The zero-order chi connectivity index (χ0) is 10.6. The van der Waals surface area contributed by atoms with Crippen LogP contribution in [0.5, 0.6) is 0 Å². The lowest BCUT2D eigenvalue weighted by Gasteiger charge is -2.42. The Labute approximate surface area is 89.9 Å². The number of rotatable bonds is 0. The quantitative estimate of drug-likeness (QED) is 0.616. The van der Waals surface area contributed by atoms with Crippen molar-refractivity contribution in [1.29, 1.82) is 0 Å². The van der Waals surface area contributed by atoms with Gasteiger partial charge in [-0.05, 0) is 37.8 Å². The highest BCUT2D eigenvalue weighted by Crippen LogP contribution is 2.44. The van der Waals surface area contributed by atoms with E-state index < -0.39 is 0 Å². The maximum absolute atomic E-state index is 4.81. The molecular weight excluding hydrogens is 190 g/mol. The molecule has 1 aromatic heterocycles. The van der Waals surface area contributed by atoms with Crippen LogP contribution in [0.15, 0.2) is 16.4 Å². The van der Waals surface area contributed by atoms with E-state index in [0.29, 0.717) is 0 Å².